The van der Waals surface area contributed by atoms with Gasteiger partial charge in [0.05, 0.1) is 24.6 Å². The minimum Gasteiger partial charge on any atom is -0.397 e. The lowest BCUT2D eigenvalue weighted by molar-refractivity contribution is 0.123. The maximum Gasteiger partial charge on any atom is 0.0642 e. The van der Waals surface area contributed by atoms with Gasteiger partial charge in [-0.15, -0.1) is 11.8 Å². The van der Waals surface area contributed by atoms with E-state index in [-0.39, 0.29) is 0 Å². The summed E-state index contributed by atoms with van der Waals surface area (Å²) in [4.78, 5) is 3.74. The molecular formula is C14H20N2OS. The summed E-state index contributed by atoms with van der Waals surface area (Å²) in [5.41, 5.74) is 9.72. The second kappa shape index (κ2) is 4.35. The number of nitrogen functional groups attached to an aromatic ring is 1. The highest BCUT2D eigenvalue weighted by Gasteiger charge is 2.30. The van der Waals surface area contributed by atoms with E-state index in [1.807, 2.05) is 11.8 Å². The van der Waals surface area contributed by atoms with Gasteiger partial charge >= 0.3 is 0 Å². The fraction of sp³-hybridized carbons (Fsp3) is 0.571. The van der Waals surface area contributed by atoms with Gasteiger partial charge in [0.15, 0.2) is 0 Å². The Morgan fingerprint density at radius 1 is 1.28 bits per heavy atom. The first-order valence-corrected chi connectivity index (χ1v) is 7.31. The van der Waals surface area contributed by atoms with Crippen molar-refractivity contribution >= 4 is 23.1 Å². The number of hydrogen-bond acceptors (Lipinski definition) is 4. The van der Waals surface area contributed by atoms with Crippen LogP contribution in [-0.2, 0) is 11.2 Å². The highest BCUT2D eigenvalue weighted by Crippen LogP contribution is 2.47. The number of hydrogen-bond donors (Lipinski definition) is 1. The van der Waals surface area contributed by atoms with Gasteiger partial charge in [-0.05, 0) is 24.1 Å². The highest BCUT2D eigenvalue weighted by molar-refractivity contribution is 8.01. The number of morpholine rings is 1. The predicted molar refractivity (Wildman–Crippen MR) is 77.5 cm³/mol. The van der Waals surface area contributed by atoms with E-state index in [0.29, 0.717) is 4.75 Å². The Morgan fingerprint density at radius 2 is 2.00 bits per heavy atom. The van der Waals surface area contributed by atoms with Crippen molar-refractivity contribution in [2.24, 2.45) is 0 Å². The molecule has 0 aliphatic carbocycles. The van der Waals surface area contributed by atoms with Gasteiger partial charge in [-0.25, -0.2) is 0 Å². The van der Waals surface area contributed by atoms with Crippen molar-refractivity contribution in [3.63, 3.8) is 0 Å². The molecule has 0 aromatic heterocycles. The number of rotatable bonds is 1. The molecule has 98 valence electrons. The van der Waals surface area contributed by atoms with Crippen LogP contribution in [0.4, 0.5) is 11.4 Å². The first-order chi connectivity index (χ1) is 8.55. The molecule has 0 radical (unpaired) electrons. The van der Waals surface area contributed by atoms with Crippen LogP contribution in [0.2, 0.25) is 0 Å². The van der Waals surface area contributed by atoms with E-state index < -0.39 is 0 Å². The van der Waals surface area contributed by atoms with Gasteiger partial charge in [0.2, 0.25) is 0 Å². The zero-order chi connectivity index (χ0) is 12.8. The van der Waals surface area contributed by atoms with Gasteiger partial charge in [0.1, 0.15) is 0 Å². The second-order valence-corrected chi connectivity index (χ2v) is 7.41. The topological polar surface area (TPSA) is 38.5 Å². The summed E-state index contributed by atoms with van der Waals surface area (Å²) in [7, 11) is 0. The number of anilines is 2. The first-order valence-electron chi connectivity index (χ1n) is 6.49. The third-order valence-electron chi connectivity index (χ3n) is 3.56. The minimum absolute atomic E-state index is 0.304. The molecule has 2 heterocycles. The van der Waals surface area contributed by atoms with Gasteiger partial charge < -0.3 is 15.4 Å². The number of ether oxygens (including phenoxy) is 1. The van der Waals surface area contributed by atoms with Crippen LogP contribution in [0.5, 0.6) is 0 Å². The van der Waals surface area contributed by atoms with Gasteiger partial charge in [-0.3, -0.25) is 0 Å². The van der Waals surface area contributed by atoms with Crippen LogP contribution in [0.25, 0.3) is 0 Å². The molecule has 0 spiro atoms. The number of nitrogens with zero attached hydrogens (tertiary/aromatic N) is 1. The van der Waals surface area contributed by atoms with Crippen LogP contribution in [0.1, 0.15) is 19.4 Å². The molecule has 0 saturated carbocycles. The average molecular weight is 264 g/mol. The summed E-state index contributed by atoms with van der Waals surface area (Å²) < 4.78 is 5.70. The zero-order valence-corrected chi connectivity index (χ0v) is 11.8. The van der Waals surface area contributed by atoms with Crippen molar-refractivity contribution in [2.45, 2.75) is 29.9 Å². The predicted octanol–water partition coefficient (Wildman–Crippen LogP) is 2.53. The Bertz CT molecular complexity index is 467. The van der Waals surface area contributed by atoms with Crippen molar-refractivity contribution in [1.82, 2.24) is 0 Å². The number of thioether (sulfide) groups is 1. The fourth-order valence-electron chi connectivity index (χ4n) is 2.74. The Balaban J connectivity index is 1.93. The maximum absolute atomic E-state index is 6.22. The molecule has 3 nitrogen and oxygen atoms in total. The van der Waals surface area contributed by atoms with Crippen molar-refractivity contribution in [3.05, 3.63) is 17.7 Å². The van der Waals surface area contributed by atoms with E-state index in [0.717, 1.165) is 38.4 Å². The van der Waals surface area contributed by atoms with Crippen LogP contribution >= 0.6 is 11.8 Å². The van der Waals surface area contributed by atoms with E-state index in [1.165, 1.54) is 16.1 Å². The molecule has 0 amide bonds. The van der Waals surface area contributed by atoms with Crippen LogP contribution in [0, 0.1) is 0 Å². The summed E-state index contributed by atoms with van der Waals surface area (Å²) >= 11 is 1.97. The Morgan fingerprint density at radius 3 is 2.72 bits per heavy atom. The molecule has 2 aliphatic heterocycles. The molecular weight excluding hydrogens is 244 g/mol. The molecule has 4 heteroatoms. The SMILES string of the molecule is CC1(C)Cc2cc(N)c(N3CCOCC3)cc2S1. The van der Waals surface area contributed by atoms with Crippen LogP contribution in [0.15, 0.2) is 17.0 Å². The van der Waals surface area contributed by atoms with E-state index >= 15 is 0 Å². The largest absolute Gasteiger partial charge is 0.397 e. The molecule has 18 heavy (non-hydrogen) atoms. The molecule has 1 saturated heterocycles. The highest BCUT2D eigenvalue weighted by atomic mass is 32.2. The van der Waals surface area contributed by atoms with Crippen molar-refractivity contribution in [2.75, 3.05) is 36.9 Å². The third-order valence-corrected chi connectivity index (χ3v) is 4.86. The van der Waals surface area contributed by atoms with E-state index in [9.17, 15) is 0 Å². The van der Waals surface area contributed by atoms with Crippen molar-refractivity contribution < 1.29 is 4.74 Å². The molecule has 1 aromatic rings. The summed E-state index contributed by atoms with van der Waals surface area (Å²) in [5, 5.41) is 0. The standard InChI is InChI=1S/C14H20N2OS/c1-14(2)9-10-7-11(15)12(8-13(10)18-14)16-3-5-17-6-4-16/h7-8H,3-6,9,15H2,1-2H3. The molecule has 3 rings (SSSR count). The molecule has 2 aliphatic rings. The monoisotopic (exact) mass is 264 g/mol. The lowest BCUT2D eigenvalue weighted by Crippen LogP contribution is -2.36. The molecule has 1 fully saturated rings. The van der Waals surface area contributed by atoms with Gasteiger partial charge in [0, 0.05) is 22.7 Å². The normalized spacial score (nSPS) is 22.0. The van der Waals surface area contributed by atoms with Crippen LogP contribution in [0.3, 0.4) is 0 Å². The Hall–Kier alpha value is -0.870. The number of benzene rings is 1. The number of nitrogens with two attached hydrogens (primary N) is 1. The van der Waals surface area contributed by atoms with Crippen molar-refractivity contribution in [1.29, 1.82) is 0 Å². The minimum atomic E-state index is 0.304. The van der Waals surface area contributed by atoms with Gasteiger partial charge in [-0.2, -0.15) is 0 Å². The molecule has 2 N–H and O–H groups in total. The summed E-state index contributed by atoms with van der Waals surface area (Å²) in [6.45, 7) is 8.07. The molecule has 0 bridgehead atoms. The quantitative estimate of drug-likeness (QED) is 0.791. The van der Waals surface area contributed by atoms with E-state index in [2.05, 4.69) is 30.9 Å². The Labute approximate surface area is 113 Å². The smallest absolute Gasteiger partial charge is 0.0642 e. The fourth-order valence-corrected chi connectivity index (χ4v) is 3.99. The molecule has 0 unspecified atom stereocenters. The van der Waals surface area contributed by atoms with Crippen LogP contribution < -0.4 is 10.6 Å². The first kappa shape index (κ1) is 12.2. The Kier molecular flexibility index (Phi) is 2.94. The van der Waals surface area contributed by atoms with E-state index in [4.69, 9.17) is 10.5 Å². The zero-order valence-electron chi connectivity index (χ0n) is 11.0. The maximum atomic E-state index is 6.22. The molecule has 1 aromatic carbocycles. The summed E-state index contributed by atoms with van der Waals surface area (Å²) in [6, 6.07) is 4.44. The lowest BCUT2D eigenvalue weighted by Gasteiger charge is -2.30. The summed E-state index contributed by atoms with van der Waals surface area (Å²) in [6.07, 6.45) is 1.11. The van der Waals surface area contributed by atoms with Crippen molar-refractivity contribution in [3.8, 4) is 0 Å². The van der Waals surface area contributed by atoms with Crippen LogP contribution in [-0.4, -0.2) is 31.1 Å². The summed E-state index contributed by atoms with van der Waals surface area (Å²) in [5.74, 6) is 0. The van der Waals surface area contributed by atoms with Gasteiger partial charge in [0.25, 0.3) is 0 Å². The lowest BCUT2D eigenvalue weighted by atomic mass is 10.0. The second-order valence-electron chi connectivity index (χ2n) is 5.66. The molecule has 0 atom stereocenters. The third kappa shape index (κ3) is 2.19. The van der Waals surface area contributed by atoms with E-state index in [1.54, 1.807) is 0 Å². The number of fused-ring (bicyclic) bond motifs is 1. The van der Waals surface area contributed by atoms with Gasteiger partial charge in [-0.1, -0.05) is 13.8 Å². The average Bonchev–Trinajstić information content (AvgIpc) is 2.62.